The molecule has 0 aliphatic carbocycles. The predicted octanol–water partition coefficient (Wildman–Crippen LogP) is 3.24. The third-order valence-electron chi connectivity index (χ3n) is 2.60. The number of carbonyl (C=O) groups is 1. The average Bonchev–Trinajstić information content (AvgIpc) is 2.34. The van der Waals surface area contributed by atoms with Gasteiger partial charge in [0.2, 0.25) is 0 Å². The van der Waals surface area contributed by atoms with E-state index in [9.17, 15) is 14.9 Å². The summed E-state index contributed by atoms with van der Waals surface area (Å²) in [5, 5.41) is 13.2. The minimum atomic E-state index is -0.637. The van der Waals surface area contributed by atoms with Crippen molar-refractivity contribution in [3.8, 4) is 0 Å². The number of hydrogen-bond acceptors (Lipinski definition) is 3. The Balaban J connectivity index is 2.91. The summed E-state index contributed by atoms with van der Waals surface area (Å²) < 4.78 is 0. The predicted molar refractivity (Wildman–Crippen MR) is 74.9 cm³/mol. The number of nitrogens with zero attached hydrogens (tertiary/aromatic N) is 1. The van der Waals surface area contributed by atoms with Crippen molar-refractivity contribution in [1.29, 1.82) is 0 Å². The molecule has 19 heavy (non-hydrogen) atoms. The zero-order chi connectivity index (χ0) is 14.6. The Bertz CT molecular complexity index is 492. The summed E-state index contributed by atoms with van der Waals surface area (Å²) in [4.78, 5) is 22.2. The number of nitro benzene ring substituents is 1. The monoisotopic (exact) mass is 304 g/mol. The topological polar surface area (TPSA) is 72.2 Å². The van der Waals surface area contributed by atoms with E-state index in [0.29, 0.717) is 0 Å². The standard InChI is InChI=1S/C12H14Cl2N2O3/c1-7(2)9(14)6-15-12(17)11-8(13)4-3-5-10(11)16(18)19/h3-5,7,9H,6H2,1-2H3,(H,15,17). The highest BCUT2D eigenvalue weighted by atomic mass is 35.5. The number of halogens is 2. The largest absolute Gasteiger partial charge is 0.350 e. The SMILES string of the molecule is CC(C)C(Cl)CNC(=O)c1c(Cl)cccc1[N+](=O)[O-]. The lowest BCUT2D eigenvalue weighted by Crippen LogP contribution is -2.32. The highest BCUT2D eigenvalue weighted by Crippen LogP contribution is 2.26. The van der Waals surface area contributed by atoms with Crippen molar-refractivity contribution in [3.63, 3.8) is 0 Å². The highest BCUT2D eigenvalue weighted by molar-refractivity contribution is 6.34. The van der Waals surface area contributed by atoms with Gasteiger partial charge in [-0.3, -0.25) is 14.9 Å². The molecule has 5 nitrogen and oxygen atoms in total. The Morgan fingerprint density at radius 3 is 2.63 bits per heavy atom. The summed E-state index contributed by atoms with van der Waals surface area (Å²) in [7, 11) is 0. The summed E-state index contributed by atoms with van der Waals surface area (Å²) in [5.74, 6) is -0.410. The molecule has 0 aliphatic rings. The number of carbonyl (C=O) groups excluding carboxylic acids is 1. The first-order chi connectivity index (χ1) is 8.84. The van der Waals surface area contributed by atoms with Gasteiger partial charge in [-0.1, -0.05) is 31.5 Å². The first kappa shape index (κ1) is 15.7. The molecule has 7 heteroatoms. The second kappa shape index (κ2) is 6.73. The summed E-state index contributed by atoms with van der Waals surface area (Å²) in [6, 6.07) is 4.10. The molecule has 1 unspecified atom stereocenters. The van der Waals surface area contributed by atoms with Crippen molar-refractivity contribution in [3.05, 3.63) is 38.9 Å². The van der Waals surface area contributed by atoms with E-state index in [0.717, 1.165) is 0 Å². The number of hydrogen-bond donors (Lipinski definition) is 1. The maximum absolute atomic E-state index is 12.0. The second-order valence-electron chi connectivity index (χ2n) is 4.36. The Morgan fingerprint density at radius 1 is 1.47 bits per heavy atom. The number of benzene rings is 1. The quantitative estimate of drug-likeness (QED) is 0.515. The van der Waals surface area contributed by atoms with Crippen LogP contribution in [-0.2, 0) is 0 Å². The molecule has 0 aliphatic heterocycles. The number of alkyl halides is 1. The molecule has 0 fully saturated rings. The van der Waals surface area contributed by atoms with Crippen molar-refractivity contribution >= 4 is 34.8 Å². The highest BCUT2D eigenvalue weighted by Gasteiger charge is 2.23. The van der Waals surface area contributed by atoms with Crippen molar-refractivity contribution in [2.45, 2.75) is 19.2 Å². The van der Waals surface area contributed by atoms with Gasteiger partial charge in [0, 0.05) is 12.6 Å². The van der Waals surface area contributed by atoms with Gasteiger partial charge in [0.25, 0.3) is 11.6 Å². The van der Waals surface area contributed by atoms with Gasteiger partial charge in [-0.05, 0) is 12.0 Å². The maximum atomic E-state index is 12.0. The molecule has 0 saturated carbocycles. The van der Waals surface area contributed by atoms with Crippen molar-refractivity contribution in [2.24, 2.45) is 5.92 Å². The molecule has 0 aromatic heterocycles. The lowest BCUT2D eigenvalue weighted by Gasteiger charge is -2.14. The van der Waals surface area contributed by atoms with Gasteiger partial charge in [0.05, 0.1) is 15.3 Å². The smallest absolute Gasteiger partial charge is 0.283 e. The van der Waals surface area contributed by atoms with Crippen molar-refractivity contribution in [1.82, 2.24) is 5.32 Å². The van der Waals surface area contributed by atoms with Crippen molar-refractivity contribution in [2.75, 3.05) is 6.54 Å². The molecule has 1 aromatic rings. The van der Waals surface area contributed by atoms with Crippen LogP contribution in [0.5, 0.6) is 0 Å². The Kier molecular flexibility index (Phi) is 5.57. The van der Waals surface area contributed by atoms with E-state index < -0.39 is 10.8 Å². The van der Waals surface area contributed by atoms with Gasteiger partial charge < -0.3 is 5.32 Å². The summed E-state index contributed by atoms with van der Waals surface area (Å²) in [5.41, 5.74) is -0.456. The fourth-order valence-electron chi connectivity index (χ4n) is 1.40. The number of amides is 1. The lowest BCUT2D eigenvalue weighted by atomic mass is 10.1. The first-order valence-electron chi connectivity index (χ1n) is 5.69. The molecular weight excluding hydrogens is 291 g/mol. The molecule has 0 radical (unpaired) electrons. The summed E-state index contributed by atoms with van der Waals surface area (Å²) >= 11 is 11.9. The van der Waals surface area contributed by atoms with Crippen molar-refractivity contribution < 1.29 is 9.72 Å². The normalized spacial score (nSPS) is 12.3. The van der Waals surface area contributed by atoms with E-state index in [2.05, 4.69) is 5.32 Å². The third kappa shape index (κ3) is 4.08. The van der Waals surface area contributed by atoms with Gasteiger partial charge in [-0.2, -0.15) is 0 Å². The molecule has 1 N–H and O–H groups in total. The van der Waals surface area contributed by atoms with Gasteiger partial charge in [0.1, 0.15) is 5.56 Å². The molecule has 1 rings (SSSR count). The molecule has 0 bridgehead atoms. The maximum Gasteiger partial charge on any atom is 0.283 e. The Labute approximate surface area is 121 Å². The van der Waals surface area contributed by atoms with E-state index in [4.69, 9.17) is 23.2 Å². The van der Waals surface area contributed by atoms with Crippen LogP contribution in [0.2, 0.25) is 5.02 Å². The fourth-order valence-corrected chi connectivity index (χ4v) is 1.74. The van der Waals surface area contributed by atoms with E-state index >= 15 is 0 Å². The molecule has 104 valence electrons. The zero-order valence-electron chi connectivity index (χ0n) is 10.5. The number of nitrogens with one attached hydrogen (secondary N) is 1. The van der Waals surface area contributed by atoms with E-state index in [1.807, 2.05) is 13.8 Å². The van der Waals surface area contributed by atoms with Gasteiger partial charge in [-0.25, -0.2) is 0 Å². The van der Waals surface area contributed by atoms with Crippen LogP contribution in [0, 0.1) is 16.0 Å². The molecule has 0 saturated heterocycles. The fraction of sp³-hybridized carbons (Fsp3) is 0.417. The number of rotatable bonds is 5. The third-order valence-corrected chi connectivity index (χ3v) is 3.57. The van der Waals surface area contributed by atoms with E-state index in [-0.39, 0.29) is 34.1 Å². The van der Waals surface area contributed by atoms with Crippen LogP contribution in [0.3, 0.4) is 0 Å². The van der Waals surface area contributed by atoms with Crippen LogP contribution in [-0.4, -0.2) is 22.8 Å². The Morgan fingerprint density at radius 2 is 2.11 bits per heavy atom. The Hall–Kier alpha value is -1.33. The minimum Gasteiger partial charge on any atom is -0.350 e. The van der Waals surface area contributed by atoms with Crippen LogP contribution in [0.4, 0.5) is 5.69 Å². The average molecular weight is 305 g/mol. The van der Waals surface area contributed by atoms with Crippen LogP contribution in [0.1, 0.15) is 24.2 Å². The molecule has 1 aromatic carbocycles. The van der Waals surface area contributed by atoms with E-state index in [1.165, 1.54) is 18.2 Å². The minimum absolute atomic E-state index is 0.0439. The van der Waals surface area contributed by atoms with Gasteiger partial charge in [-0.15, -0.1) is 11.6 Å². The lowest BCUT2D eigenvalue weighted by molar-refractivity contribution is -0.385. The van der Waals surface area contributed by atoms with Crippen LogP contribution < -0.4 is 5.32 Å². The number of nitro groups is 1. The summed E-state index contributed by atoms with van der Waals surface area (Å²) in [6.07, 6.45) is 0. The van der Waals surface area contributed by atoms with Crippen LogP contribution >= 0.6 is 23.2 Å². The first-order valence-corrected chi connectivity index (χ1v) is 6.51. The molecule has 1 amide bonds. The molecular formula is C12H14Cl2N2O3. The second-order valence-corrected chi connectivity index (χ2v) is 5.33. The van der Waals surface area contributed by atoms with Gasteiger partial charge >= 0.3 is 0 Å². The molecule has 0 spiro atoms. The van der Waals surface area contributed by atoms with Crippen LogP contribution in [0.15, 0.2) is 18.2 Å². The van der Waals surface area contributed by atoms with Crippen LogP contribution in [0.25, 0.3) is 0 Å². The zero-order valence-corrected chi connectivity index (χ0v) is 12.0. The van der Waals surface area contributed by atoms with Gasteiger partial charge in [0.15, 0.2) is 0 Å². The summed E-state index contributed by atoms with van der Waals surface area (Å²) in [6.45, 7) is 4.06. The molecule has 0 heterocycles. The molecule has 1 atom stereocenters. The van der Waals surface area contributed by atoms with E-state index in [1.54, 1.807) is 0 Å².